The molecule has 0 bridgehead atoms. The molecule has 9 heteroatoms. The molecular weight excluding hydrogens is 729 g/mol. The van der Waals surface area contributed by atoms with Gasteiger partial charge in [-0.05, 0) is 80.0 Å². The van der Waals surface area contributed by atoms with Gasteiger partial charge in [0.1, 0.15) is 23.8 Å². The fourth-order valence-corrected chi connectivity index (χ4v) is 8.10. The van der Waals surface area contributed by atoms with Crippen molar-refractivity contribution in [3.63, 3.8) is 0 Å². The molecule has 6 aromatic rings. The van der Waals surface area contributed by atoms with Crippen molar-refractivity contribution >= 4 is 50.0 Å². The first-order valence-corrected chi connectivity index (χ1v) is 20.5. The highest BCUT2D eigenvalue weighted by atomic mass is 16.7. The Balaban J connectivity index is 1.63. The summed E-state index contributed by atoms with van der Waals surface area (Å²) in [6.45, 7) is 13.7. The monoisotopic (exact) mass is 784 g/mol. The smallest absolute Gasteiger partial charge is 0.332 e. The van der Waals surface area contributed by atoms with Crippen molar-refractivity contribution in [2.24, 2.45) is 11.1 Å². The number of ether oxygens (including phenoxy) is 3. The van der Waals surface area contributed by atoms with Gasteiger partial charge in [-0.25, -0.2) is 4.79 Å². The summed E-state index contributed by atoms with van der Waals surface area (Å²) in [7, 11) is 1.61. The first-order valence-electron chi connectivity index (χ1n) is 20.5. The average molecular weight is 785 g/mol. The van der Waals surface area contributed by atoms with E-state index in [9.17, 15) is 14.7 Å². The molecule has 304 valence electrons. The number of carbonyl (C=O) groups is 2. The van der Waals surface area contributed by atoms with Crippen LogP contribution in [0.25, 0.3) is 32.6 Å². The fourth-order valence-electron chi connectivity index (χ4n) is 8.10. The minimum Gasteiger partial charge on any atom is -0.493 e. The number of nitrogens with zero attached hydrogens (tertiary/aromatic N) is 2. The molecular formula is C49H56N2O7. The van der Waals surface area contributed by atoms with Gasteiger partial charge in [-0.2, -0.15) is 0 Å². The summed E-state index contributed by atoms with van der Waals surface area (Å²) in [5, 5.41) is 17.8. The molecule has 1 heterocycles. The lowest BCUT2D eigenvalue weighted by Gasteiger charge is -2.19. The molecule has 0 spiro atoms. The molecule has 1 atom stereocenters. The third kappa shape index (κ3) is 9.11. The maximum atomic E-state index is 14.8. The molecule has 0 amide bonds. The molecule has 0 saturated heterocycles. The first kappa shape index (κ1) is 42.1. The van der Waals surface area contributed by atoms with E-state index in [0.717, 1.165) is 87.1 Å². The predicted molar refractivity (Wildman–Crippen MR) is 233 cm³/mol. The Bertz CT molecular complexity index is 2440. The summed E-state index contributed by atoms with van der Waals surface area (Å²) in [4.78, 5) is 32.4. The standard InChI is InChI=1S/C49H56N2O7/c1-8-10-14-35(9-2)30-51-44-20-17-36(47(50-58-34(6)53)40-19-18-37(56-24-23-55-7)28-45(40)57-22-13-21-52)27-41(44)42-29-43(38-15-11-12-16-39(38)48(42)51)49(54)46-32(4)25-31(3)26-33(46)5/h11-12,15-20,25-29,35,52H,8-10,13-14,21-24,30H2,1-7H3/b50-47+. The zero-order valence-electron chi connectivity index (χ0n) is 34.9. The first-order chi connectivity index (χ1) is 28.1. The second-order valence-electron chi connectivity index (χ2n) is 15.2. The molecule has 1 unspecified atom stereocenters. The van der Waals surface area contributed by atoms with Crippen LogP contribution in [0.5, 0.6) is 11.5 Å². The van der Waals surface area contributed by atoms with Crippen molar-refractivity contribution in [3.05, 3.63) is 118 Å². The van der Waals surface area contributed by atoms with Crippen LogP contribution in [0.1, 0.15) is 96.6 Å². The quantitative estimate of drug-likeness (QED) is 0.0286. The normalized spacial score (nSPS) is 12.4. The number of aliphatic hydroxyl groups is 1. The largest absolute Gasteiger partial charge is 0.493 e. The van der Waals surface area contributed by atoms with Crippen molar-refractivity contribution < 1.29 is 33.7 Å². The van der Waals surface area contributed by atoms with E-state index in [-0.39, 0.29) is 19.0 Å². The number of hydrogen-bond acceptors (Lipinski definition) is 8. The Hall–Kier alpha value is -5.51. The van der Waals surface area contributed by atoms with Crippen LogP contribution in [0.2, 0.25) is 0 Å². The van der Waals surface area contributed by atoms with Gasteiger partial charge < -0.3 is 28.7 Å². The minimum absolute atomic E-state index is 0.00544. The predicted octanol–water partition coefficient (Wildman–Crippen LogP) is 10.4. The zero-order chi connectivity index (χ0) is 41.3. The van der Waals surface area contributed by atoms with Gasteiger partial charge in [0.25, 0.3) is 0 Å². The van der Waals surface area contributed by atoms with Gasteiger partial charge in [-0.3, -0.25) is 4.79 Å². The van der Waals surface area contributed by atoms with E-state index in [0.29, 0.717) is 59.5 Å². The highest BCUT2D eigenvalue weighted by molar-refractivity contribution is 6.27. The Morgan fingerprint density at radius 2 is 1.55 bits per heavy atom. The van der Waals surface area contributed by atoms with Gasteiger partial charge in [0.15, 0.2) is 5.78 Å². The molecule has 1 N–H and O–H groups in total. The van der Waals surface area contributed by atoms with E-state index in [1.165, 1.54) is 6.92 Å². The van der Waals surface area contributed by atoms with Gasteiger partial charge in [-0.1, -0.05) is 86.3 Å². The minimum atomic E-state index is -0.563. The maximum Gasteiger partial charge on any atom is 0.332 e. The topological polar surface area (TPSA) is 109 Å². The van der Waals surface area contributed by atoms with E-state index in [4.69, 9.17) is 19.0 Å². The maximum absolute atomic E-state index is 14.8. The van der Waals surface area contributed by atoms with Crippen LogP contribution in [0.3, 0.4) is 0 Å². The number of aromatic nitrogens is 1. The number of carbonyl (C=O) groups excluding carboxylic acids is 2. The molecule has 6 rings (SSSR count). The van der Waals surface area contributed by atoms with E-state index in [2.05, 4.69) is 73.0 Å². The average Bonchev–Trinajstić information content (AvgIpc) is 3.51. The number of unbranched alkanes of at least 4 members (excludes halogenated alkanes) is 1. The van der Waals surface area contributed by atoms with Gasteiger partial charge in [0.05, 0.1) is 18.7 Å². The molecule has 0 fully saturated rings. The molecule has 0 aliphatic heterocycles. The number of oxime groups is 1. The number of hydrogen-bond donors (Lipinski definition) is 1. The number of aliphatic hydroxyl groups excluding tert-OH is 1. The van der Waals surface area contributed by atoms with Crippen LogP contribution in [0.15, 0.2) is 84.0 Å². The van der Waals surface area contributed by atoms with Gasteiger partial charge in [0.2, 0.25) is 0 Å². The van der Waals surface area contributed by atoms with Crippen molar-refractivity contribution in [1.82, 2.24) is 4.57 Å². The lowest BCUT2D eigenvalue weighted by molar-refractivity contribution is -0.140. The molecule has 0 radical (unpaired) electrons. The second kappa shape index (κ2) is 19.3. The Labute approximate surface area is 341 Å². The van der Waals surface area contributed by atoms with Crippen LogP contribution >= 0.6 is 0 Å². The SMILES string of the molecule is CCCCC(CC)Cn1c2ccc(/C(=N\OC(C)=O)c3ccc(OCCOC)cc3OCCCO)cc2c2cc(C(=O)c3c(C)cc(C)cc3C)c3ccccc3c21. The van der Waals surface area contributed by atoms with Crippen molar-refractivity contribution in [2.45, 2.75) is 80.2 Å². The summed E-state index contributed by atoms with van der Waals surface area (Å²) in [5.74, 6) is 0.921. The lowest BCUT2D eigenvalue weighted by Crippen LogP contribution is -2.12. The Kier molecular flexibility index (Phi) is 14.0. The summed E-state index contributed by atoms with van der Waals surface area (Å²) < 4.78 is 19.7. The molecule has 9 nitrogen and oxygen atoms in total. The molecule has 58 heavy (non-hydrogen) atoms. The third-order valence-corrected chi connectivity index (χ3v) is 10.9. The Morgan fingerprint density at radius 3 is 2.24 bits per heavy atom. The molecule has 1 aromatic heterocycles. The summed E-state index contributed by atoms with van der Waals surface area (Å²) in [6.07, 6.45) is 4.88. The molecule has 0 saturated carbocycles. The number of fused-ring (bicyclic) bond motifs is 5. The lowest BCUT2D eigenvalue weighted by atomic mass is 9.89. The number of methoxy groups -OCH3 is 1. The van der Waals surface area contributed by atoms with Crippen LogP contribution in [0, 0.1) is 26.7 Å². The van der Waals surface area contributed by atoms with E-state index in [1.54, 1.807) is 13.2 Å². The number of rotatable bonds is 19. The molecule has 0 aliphatic rings. The van der Waals surface area contributed by atoms with Crippen LogP contribution < -0.4 is 9.47 Å². The number of benzene rings is 5. The van der Waals surface area contributed by atoms with Crippen LogP contribution in [-0.4, -0.2) is 60.7 Å². The van der Waals surface area contributed by atoms with Crippen molar-refractivity contribution in [2.75, 3.05) is 33.5 Å². The summed E-state index contributed by atoms with van der Waals surface area (Å²) in [5.41, 5.74) is 8.19. The number of ketones is 1. The number of aryl methyl sites for hydroxylation is 3. The van der Waals surface area contributed by atoms with E-state index in [1.807, 2.05) is 44.2 Å². The summed E-state index contributed by atoms with van der Waals surface area (Å²) >= 11 is 0. The van der Waals surface area contributed by atoms with Crippen LogP contribution in [-0.2, 0) is 20.9 Å². The molecule has 5 aromatic carbocycles. The zero-order valence-corrected chi connectivity index (χ0v) is 34.9. The Morgan fingerprint density at radius 1 is 0.793 bits per heavy atom. The highest BCUT2D eigenvalue weighted by Crippen LogP contribution is 2.40. The van der Waals surface area contributed by atoms with Crippen molar-refractivity contribution in [1.29, 1.82) is 0 Å². The van der Waals surface area contributed by atoms with Gasteiger partial charge >= 0.3 is 5.97 Å². The van der Waals surface area contributed by atoms with Crippen LogP contribution in [0.4, 0.5) is 0 Å². The summed E-state index contributed by atoms with van der Waals surface area (Å²) in [6, 6.07) is 26.1. The fraction of sp³-hybridized carbons (Fsp3) is 0.367. The van der Waals surface area contributed by atoms with E-state index >= 15 is 0 Å². The van der Waals surface area contributed by atoms with Gasteiger partial charge in [0, 0.05) is 83.6 Å². The highest BCUT2D eigenvalue weighted by Gasteiger charge is 2.25. The van der Waals surface area contributed by atoms with E-state index < -0.39 is 5.97 Å². The second-order valence-corrected chi connectivity index (χ2v) is 15.2. The van der Waals surface area contributed by atoms with Gasteiger partial charge in [-0.15, -0.1) is 0 Å². The molecule has 0 aliphatic carbocycles. The third-order valence-electron chi connectivity index (χ3n) is 10.9. The van der Waals surface area contributed by atoms with Crippen molar-refractivity contribution in [3.8, 4) is 11.5 Å².